The highest BCUT2D eigenvalue weighted by Crippen LogP contribution is 2.43. The van der Waals surface area contributed by atoms with Gasteiger partial charge >= 0.3 is 11.9 Å². The second-order valence-electron chi connectivity index (χ2n) is 7.32. The molecule has 0 saturated carbocycles. The van der Waals surface area contributed by atoms with Gasteiger partial charge in [-0.3, -0.25) is 0 Å². The van der Waals surface area contributed by atoms with E-state index in [-0.39, 0.29) is 41.4 Å². The summed E-state index contributed by atoms with van der Waals surface area (Å²) in [6.07, 6.45) is -1.27. The van der Waals surface area contributed by atoms with E-state index in [1.54, 1.807) is 33.8 Å². The molecule has 1 atom stereocenters. The number of halogens is 2. The maximum absolute atomic E-state index is 13.4. The Morgan fingerprint density at radius 1 is 1.15 bits per heavy atom. The molecule has 176 valence electrons. The number of carbonyl (C=O) groups is 2. The van der Waals surface area contributed by atoms with Gasteiger partial charge in [0.25, 0.3) is 6.43 Å². The van der Waals surface area contributed by atoms with Crippen molar-refractivity contribution in [1.29, 1.82) is 0 Å². The van der Waals surface area contributed by atoms with Crippen molar-refractivity contribution in [3.05, 3.63) is 70.2 Å². The van der Waals surface area contributed by atoms with Gasteiger partial charge in [0.15, 0.2) is 0 Å². The van der Waals surface area contributed by atoms with Crippen molar-refractivity contribution in [2.75, 3.05) is 18.1 Å². The monoisotopic (exact) mass is 460 g/mol. The third-order valence-electron chi connectivity index (χ3n) is 5.33. The van der Waals surface area contributed by atoms with Crippen molar-refractivity contribution in [2.45, 2.75) is 40.0 Å². The zero-order valence-electron chi connectivity index (χ0n) is 18.8. The van der Waals surface area contributed by atoms with Crippen molar-refractivity contribution in [3.63, 3.8) is 0 Å². The number of carbonyl (C=O) groups excluding carboxylic acids is 2. The first-order chi connectivity index (χ1) is 15.7. The molecule has 10 heteroatoms. The minimum absolute atomic E-state index is 0.0249. The molecule has 33 heavy (non-hydrogen) atoms. The first kappa shape index (κ1) is 24.0. The lowest BCUT2D eigenvalue weighted by Gasteiger charge is -2.36. The molecule has 0 aliphatic carbocycles. The number of benzene rings is 1. The number of allylic oxidation sites excluding steroid dienone is 1. The smallest absolute Gasteiger partial charge is 0.338 e. The number of aryl methyl sites for hydroxylation is 1. The van der Waals surface area contributed by atoms with Crippen LogP contribution in [0.3, 0.4) is 0 Å². The van der Waals surface area contributed by atoms with E-state index < -0.39 is 24.3 Å². The van der Waals surface area contributed by atoms with Gasteiger partial charge in [0.1, 0.15) is 5.82 Å². The van der Waals surface area contributed by atoms with E-state index >= 15 is 0 Å². The van der Waals surface area contributed by atoms with E-state index in [2.05, 4.69) is 9.97 Å². The Balaban J connectivity index is 2.33. The number of H-pyrrole nitrogens is 1. The molecule has 1 unspecified atom stereocenters. The molecule has 1 aromatic carbocycles. The minimum atomic E-state index is -2.71. The fourth-order valence-electron chi connectivity index (χ4n) is 3.89. The van der Waals surface area contributed by atoms with Crippen LogP contribution in [-0.2, 0) is 19.1 Å². The molecular formula is C23H26F2N4O4. The maximum Gasteiger partial charge on any atom is 0.338 e. The van der Waals surface area contributed by atoms with Crippen LogP contribution < -0.4 is 10.6 Å². The quantitative estimate of drug-likeness (QED) is 0.604. The Hall–Kier alpha value is -3.69. The summed E-state index contributed by atoms with van der Waals surface area (Å²) in [6.45, 7) is 6.83. The van der Waals surface area contributed by atoms with Gasteiger partial charge in [-0.2, -0.15) is 0 Å². The van der Waals surface area contributed by atoms with E-state index in [0.29, 0.717) is 17.1 Å². The van der Waals surface area contributed by atoms with Crippen molar-refractivity contribution in [1.82, 2.24) is 9.97 Å². The lowest BCUT2D eigenvalue weighted by molar-refractivity contribution is -0.139. The standard InChI is InChI=1S/C23H26F2N4O4/c1-5-32-22(30)16-13(4)29(15-9-7-8-14(10-15)20(24)25)21(26)18(23(31)33-6-2)17(16)19-12(3)27-11-28-19/h7-11,17,20H,5-6,26H2,1-4H3,(H,27,28). The average molecular weight is 460 g/mol. The molecule has 3 rings (SSSR count). The summed E-state index contributed by atoms with van der Waals surface area (Å²) in [6, 6.07) is 5.56. The summed E-state index contributed by atoms with van der Waals surface area (Å²) in [7, 11) is 0. The van der Waals surface area contributed by atoms with Crippen molar-refractivity contribution < 1.29 is 27.8 Å². The van der Waals surface area contributed by atoms with Gasteiger partial charge in [-0.05, 0) is 39.8 Å². The molecule has 0 saturated heterocycles. The number of alkyl halides is 2. The van der Waals surface area contributed by atoms with E-state index in [0.717, 1.165) is 0 Å². The zero-order chi connectivity index (χ0) is 24.3. The molecular weight excluding hydrogens is 434 g/mol. The molecule has 3 N–H and O–H groups in total. The van der Waals surface area contributed by atoms with Gasteiger partial charge in [-0.15, -0.1) is 0 Å². The number of nitrogens with two attached hydrogens (primary N) is 1. The van der Waals surface area contributed by atoms with Crippen molar-refractivity contribution in [2.24, 2.45) is 5.73 Å². The molecule has 1 aromatic heterocycles. The van der Waals surface area contributed by atoms with E-state index in [4.69, 9.17) is 15.2 Å². The fourth-order valence-corrected chi connectivity index (χ4v) is 3.89. The molecule has 0 radical (unpaired) electrons. The maximum atomic E-state index is 13.4. The number of aromatic amines is 1. The number of esters is 2. The predicted molar refractivity (Wildman–Crippen MR) is 117 cm³/mol. The van der Waals surface area contributed by atoms with Gasteiger partial charge in [-0.25, -0.2) is 23.4 Å². The first-order valence-corrected chi connectivity index (χ1v) is 10.5. The summed E-state index contributed by atoms with van der Waals surface area (Å²) in [5, 5.41) is 0. The SMILES string of the molecule is CCOC(=O)C1=C(C)N(c2cccc(C(F)F)c2)C(N)=C(C(=O)OCC)C1c1nc[nH]c1C. The van der Waals surface area contributed by atoms with Gasteiger partial charge < -0.3 is 25.1 Å². The van der Waals surface area contributed by atoms with Crippen LogP contribution in [0.4, 0.5) is 14.5 Å². The van der Waals surface area contributed by atoms with Crippen LogP contribution in [0.25, 0.3) is 0 Å². The van der Waals surface area contributed by atoms with Crippen LogP contribution >= 0.6 is 0 Å². The van der Waals surface area contributed by atoms with Crippen LogP contribution in [0.2, 0.25) is 0 Å². The lowest BCUT2D eigenvalue weighted by Crippen LogP contribution is -2.39. The zero-order valence-corrected chi connectivity index (χ0v) is 18.8. The first-order valence-electron chi connectivity index (χ1n) is 10.5. The molecule has 2 heterocycles. The fraction of sp³-hybridized carbons (Fsp3) is 0.348. The molecule has 1 aliphatic rings. The molecule has 0 fully saturated rings. The predicted octanol–water partition coefficient (Wildman–Crippen LogP) is 3.83. The summed E-state index contributed by atoms with van der Waals surface area (Å²) in [5.74, 6) is -2.43. The summed E-state index contributed by atoms with van der Waals surface area (Å²) in [5.41, 5.74) is 7.97. The summed E-state index contributed by atoms with van der Waals surface area (Å²) < 4.78 is 37.3. The number of aromatic nitrogens is 2. The van der Waals surface area contributed by atoms with Gasteiger partial charge in [0, 0.05) is 22.6 Å². The number of imidazole rings is 1. The highest BCUT2D eigenvalue weighted by molar-refractivity contribution is 6.01. The second-order valence-corrected chi connectivity index (χ2v) is 7.32. The topological polar surface area (TPSA) is 111 Å². The van der Waals surface area contributed by atoms with E-state index in [9.17, 15) is 18.4 Å². The van der Waals surface area contributed by atoms with E-state index in [1.807, 2.05) is 0 Å². The van der Waals surface area contributed by atoms with Crippen LogP contribution in [0.15, 0.2) is 53.3 Å². The van der Waals surface area contributed by atoms with Gasteiger partial charge in [-0.1, -0.05) is 12.1 Å². The molecule has 8 nitrogen and oxygen atoms in total. The Morgan fingerprint density at radius 3 is 2.33 bits per heavy atom. The summed E-state index contributed by atoms with van der Waals surface area (Å²) >= 11 is 0. The molecule has 0 amide bonds. The Bertz CT molecular complexity index is 1080. The number of ether oxygens (including phenoxy) is 2. The normalized spacial score (nSPS) is 16.5. The number of nitrogens with zero attached hydrogens (tertiary/aromatic N) is 2. The molecule has 1 aliphatic heterocycles. The third kappa shape index (κ3) is 4.46. The molecule has 2 aromatic rings. The summed E-state index contributed by atoms with van der Waals surface area (Å²) in [4.78, 5) is 34.9. The average Bonchev–Trinajstić information content (AvgIpc) is 3.19. The van der Waals surface area contributed by atoms with Gasteiger partial charge in [0.05, 0.1) is 42.3 Å². The number of anilines is 1. The van der Waals surface area contributed by atoms with Crippen LogP contribution in [-0.4, -0.2) is 35.1 Å². The van der Waals surface area contributed by atoms with Gasteiger partial charge in [0.2, 0.25) is 0 Å². The highest BCUT2D eigenvalue weighted by atomic mass is 19.3. The largest absolute Gasteiger partial charge is 0.463 e. The van der Waals surface area contributed by atoms with Crippen LogP contribution in [0.1, 0.15) is 50.1 Å². The highest BCUT2D eigenvalue weighted by Gasteiger charge is 2.43. The second kappa shape index (κ2) is 9.85. The number of hydrogen-bond acceptors (Lipinski definition) is 7. The van der Waals surface area contributed by atoms with Crippen molar-refractivity contribution >= 4 is 17.6 Å². The van der Waals surface area contributed by atoms with E-state index in [1.165, 1.54) is 29.4 Å². The van der Waals surface area contributed by atoms with Crippen molar-refractivity contribution in [3.8, 4) is 0 Å². The van der Waals surface area contributed by atoms with Crippen LogP contribution in [0, 0.1) is 6.92 Å². The Morgan fingerprint density at radius 2 is 1.79 bits per heavy atom. The number of nitrogens with one attached hydrogen (secondary N) is 1. The number of hydrogen-bond donors (Lipinski definition) is 2. The minimum Gasteiger partial charge on any atom is -0.463 e. The Kier molecular flexibility index (Phi) is 7.15. The number of rotatable bonds is 7. The third-order valence-corrected chi connectivity index (χ3v) is 5.33. The molecule has 0 bridgehead atoms. The Labute approximate surface area is 190 Å². The molecule has 0 spiro atoms. The van der Waals surface area contributed by atoms with Crippen LogP contribution in [0.5, 0.6) is 0 Å². The lowest BCUT2D eigenvalue weighted by atomic mass is 9.82.